The number of phenols is 1. The highest BCUT2D eigenvalue weighted by Crippen LogP contribution is 2.36. The lowest BCUT2D eigenvalue weighted by atomic mass is 9.84. The van der Waals surface area contributed by atoms with E-state index in [1.807, 2.05) is 0 Å². The van der Waals surface area contributed by atoms with Gasteiger partial charge in [-0.25, -0.2) is 0 Å². The van der Waals surface area contributed by atoms with Crippen LogP contribution in [-0.4, -0.2) is 14.7 Å². The van der Waals surface area contributed by atoms with Gasteiger partial charge < -0.3 is 10.8 Å². The van der Waals surface area contributed by atoms with Crippen LogP contribution in [0.1, 0.15) is 17.0 Å². The van der Waals surface area contributed by atoms with E-state index in [1.54, 1.807) is 54.7 Å². The molecule has 3 N–H and O–H groups in total. The summed E-state index contributed by atoms with van der Waals surface area (Å²) in [5, 5.41) is 31.2. The number of benzene rings is 2. The van der Waals surface area contributed by atoms with Gasteiger partial charge in [-0.1, -0.05) is 35.9 Å². The first kappa shape index (κ1) is 21.5. The van der Waals surface area contributed by atoms with Crippen molar-refractivity contribution >= 4 is 51.3 Å². The van der Waals surface area contributed by atoms with E-state index in [2.05, 4.69) is 17.1 Å². The first-order chi connectivity index (χ1) is 16.4. The van der Waals surface area contributed by atoms with Crippen molar-refractivity contribution in [3.63, 3.8) is 0 Å². The normalized spacial score (nSPS) is 15.8. The SMILES string of the molecule is N#CC1=C(N)n2c(s/c(=C/c3ccc(O)c4ncccc34)c2=O)=C(C#N)C1c1ccc(Cl)cc1. The van der Waals surface area contributed by atoms with Crippen LogP contribution >= 0.6 is 22.9 Å². The molecule has 9 heteroatoms. The molecule has 2 aromatic carbocycles. The standard InChI is InChI=1S/C25H14ClN5O2S/c26-15-6-3-13(4-7-15)21-17(11-27)23(29)31-24(33)20(34-25(31)18(21)12-28)10-14-5-8-19(32)22-16(14)2-1-9-30-22/h1-10,21,32H,29H2/b20-10+. The van der Waals surface area contributed by atoms with E-state index in [4.69, 9.17) is 17.3 Å². The monoisotopic (exact) mass is 483 g/mol. The van der Waals surface area contributed by atoms with E-state index in [0.29, 0.717) is 36.2 Å². The number of fused-ring (bicyclic) bond motifs is 2. The van der Waals surface area contributed by atoms with Crippen LogP contribution in [0.25, 0.3) is 28.4 Å². The third-order valence-electron chi connectivity index (χ3n) is 5.66. The molecule has 2 aromatic heterocycles. The molecule has 0 fully saturated rings. The molecule has 4 aromatic rings. The van der Waals surface area contributed by atoms with Crippen molar-refractivity contribution in [2.24, 2.45) is 5.73 Å². The molecule has 1 aliphatic heterocycles. The van der Waals surface area contributed by atoms with Gasteiger partial charge in [0, 0.05) is 16.6 Å². The Kier molecular flexibility index (Phi) is 5.18. The Morgan fingerprint density at radius 2 is 1.85 bits per heavy atom. The minimum atomic E-state index is -0.711. The molecule has 0 aliphatic carbocycles. The first-order valence-corrected chi connectivity index (χ1v) is 11.2. The van der Waals surface area contributed by atoms with Crippen molar-refractivity contribution in [3.8, 4) is 17.9 Å². The van der Waals surface area contributed by atoms with E-state index in [9.17, 15) is 20.4 Å². The van der Waals surface area contributed by atoms with Gasteiger partial charge in [0.05, 0.1) is 33.7 Å². The summed E-state index contributed by atoms with van der Waals surface area (Å²) in [4.78, 5) is 17.6. The minimum absolute atomic E-state index is 0.00502. The van der Waals surface area contributed by atoms with Crippen LogP contribution in [0.3, 0.4) is 0 Å². The van der Waals surface area contributed by atoms with Crippen LogP contribution in [0.4, 0.5) is 0 Å². The molecule has 0 saturated carbocycles. The summed E-state index contributed by atoms with van der Waals surface area (Å²) in [6, 6.07) is 17.8. The molecule has 0 spiro atoms. The van der Waals surface area contributed by atoms with Gasteiger partial charge in [-0.3, -0.25) is 14.3 Å². The van der Waals surface area contributed by atoms with Gasteiger partial charge in [-0.15, -0.1) is 11.3 Å². The number of nitrogens with zero attached hydrogens (tertiary/aromatic N) is 4. The number of nitriles is 2. The fourth-order valence-electron chi connectivity index (χ4n) is 4.09. The second kappa shape index (κ2) is 8.20. The van der Waals surface area contributed by atoms with E-state index in [0.717, 1.165) is 11.3 Å². The second-order valence-electron chi connectivity index (χ2n) is 7.55. The summed E-state index contributed by atoms with van der Waals surface area (Å²) in [7, 11) is 0. The Morgan fingerprint density at radius 3 is 2.56 bits per heavy atom. The number of hydrogen-bond donors (Lipinski definition) is 2. The van der Waals surface area contributed by atoms with Crippen molar-refractivity contribution in [3.05, 3.63) is 96.0 Å². The van der Waals surface area contributed by atoms with Crippen LogP contribution in [-0.2, 0) is 0 Å². The van der Waals surface area contributed by atoms with Crippen LogP contribution in [0.5, 0.6) is 5.75 Å². The third kappa shape index (κ3) is 3.25. The van der Waals surface area contributed by atoms with Gasteiger partial charge in [0.25, 0.3) is 5.56 Å². The summed E-state index contributed by atoms with van der Waals surface area (Å²) >= 11 is 7.13. The van der Waals surface area contributed by atoms with E-state index in [-0.39, 0.29) is 22.7 Å². The Bertz CT molecular complexity index is 1790. The molecule has 34 heavy (non-hydrogen) atoms. The van der Waals surface area contributed by atoms with Crippen LogP contribution in [0, 0.1) is 22.7 Å². The number of aromatic nitrogens is 2. The fourth-order valence-corrected chi connectivity index (χ4v) is 5.33. The lowest BCUT2D eigenvalue weighted by Crippen LogP contribution is -2.38. The quantitative estimate of drug-likeness (QED) is 0.451. The zero-order valence-corrected chi connectivity index (χ0v) is 18.9. The predicted octanol–water partition coefficient (Wildman–Crippen LogP) is 2.77. The molecule has 164 valence electrons. The van der Waals surface area contributed by atoms with Gasteiger partial charge in [0.2, 0.25) is 0 Å². The number of rotatable bonds is 2. The molecular weight excluding hydrogens is 470 g/mol. The van der Waals surface area contributed by atoms with Gasteiger partial charge in [0.1, 0.15) is 21.8 Å². The van der Waals surface area contributed by atoms with E-state index in [1.165, 1.54) is 10.6 Å². The Hall–Kier alpha value is -4.37. The number of phenolic OH excluding ortho intramolecular Hbond substituents is 1. The summed E-state index contributed by atoms with van der Waals surface area (Å²) in [5.74, 6) is -0.682. The van der Waals surface area contributed by atoms with Gasteiger partial charge in [-0.05, 0) is 41.5 Å². The molecule has 5 rings (SSSR count). The van der Waals surface area contributed by atoms with Gasteiger partial charge >= 0.3 is 0 Å². The van der Waals surface area contributed by atoms with Crippen LogP contribution in [0.15, 0.2) is 65.1 Å². The van der Waals surface area contributed by atoms with Gasteiger partial charge in [-0.2, -0.15) is 10.5 Å². The third-order valence-corrected chi connectivity index (χ3v) is 7.02. The number of aromatic hydroxyl groups is 1. The highest BCUT2D eigenvalue weighted by Gasteiger charge is 2.32. The predicted molar refractivity (Wildman–Crippen MR) is 131 cm³/mol. The fraction of sp³-hybridized carbons (Fsp3) is 0.0400. The number of allylic oxidation sites excluding steroid dienone is 1. The van der Waals surface area contributed by atoms with Crippen molar-refractivity contribution < 1.29 is 5.11 Å². The molecule has 0 amide bonds. The Morgan fingerprint density at radius 1 is 1.12 bits per heavy atom. The number of halogens is 1. The first-order valence-electron chi connectivity index (χ1n) is 10.0. The average molecular weight is 484 g/mol. The molecular formula is C25H14ClN5O2S. The van der Waals surface area contributed by atoms with Crippen molar-refractivity contribution in [2.45, 2.75) is 5.92 Å². The van der Waals surface area contributed by atoms with Crippen molar-refractivity contribution in [1.82, 2.24) is 9.55 Å². The Labute approximate surface area is 201 Å². The zero-order valence-electron chi connectivity index (χ0n) is 17.4. The maximum absolute atomic E-state index is 13.4. The molecule has 0 radical (unpaired) electrons. The number of pyridine rings is 1. The summed E-state index contributed by atoms with van der Waals surface area (Å²) < 4.78 is 1.92. The highest BCUT2D eigenvalue weighted by molar-refractivity contribution is 7.07. The van der Waals surface area contributed by atoms with Crippen LogP contribution in [0.2, 0.25) is 5.02 Å². The summed E-state index contributed by atoms with van der Waals surface area (Å²) in [6.45, 7) is 0. The minimum Gasteiger partial charge on any atom is -0.506 e. The van der Waals surface area contributed by atoms with E-state index < -0.39 is 11.5 Å². The largest absolute Gasteiger partial charge is 0.506 e. The maximum atomic E-state index is 13.4. The zero-order chi connectivity index (χ0) is 24.0. The average Bonchev–Trinajstić information content (AvgIpc) is 3.17. The summed E-state index contributed by atoms with van der Waals surface area (Å²) in [5.41, 5.74) is 8.02. The maximum Gasteiger partial charge on any atom is 0.274 e. The highest BCUT2D eigenvalue weighted by atomic mass is 35.5. The topological polar surface area (TPSA) is 129 Å². The molecule has 1 atom stereocenters. The lowest BCUT2D eigenvalue weighted by Gasteiger charge is -2.22. The van der Waals surface area contributed by atoms with Crippen molar-refractivity contribution in [1.29, 1.82) is 10.5 Å². The summed E-state index contributed by atoms with van der Waals surface area (Å²) in [6.07, 6.45) is 3.25. The smallest absolute Gasteiger partial charge is 0.274 e. The molecule has 0 bridgehead atoms. The molecule has 7 nitrogen and oxygen atoms in total. The Balaban J connectivity index is 1.83. The molecule has 1 unspecified atom stereocenters. The number of thiazole rings is 1. The second-order valence-corrected chi connectivity index (χ2v) is 9.02. The van der Waals surface area contributed by atoms with E-state index >= 15 is 0 Å². The van der Waals surface area contributed by atoms with Crippen LogP contribution < -0.4 is 20.5 Å². The molecule has 3 heterocycles. The lowest BCUT2D eigenvalue weighted by molar-refractivity contribution is 0.480. The molecule has 1 aliphatic rings. The van der Waals surface area contributed by atoms with Gasteiger partial charge in [0.15, 0.2) is 0 Å². The molecule has 0 saturated heterocycles. The van der Waals surface area contributed by atoms with Crippen molar-refractivity contribution in [2.75, 3.05) is 0 Å². The number of nitrogens with two attached hydrogens (primary N) is 1. The number of hydrogen-bond acceptors (Lipinski definition) is 7.